The van der Waals surface area contributed by atoms with Gasteiger partial charge in [-0.3, -0.25) is 13.6 Å². The maximum atomic E-state index is 11.0. The van der Waals surface area contributed by atoms with Crippen molar-refractivity contribution in [1.82, 2.24) is 14.7 Å². The van der Waals surface area contributed by atoms with Crippen molar-refractivity contribution in [2.75, 3.05) is 65.5 Å². The van der Waals surface area contributed by atoms with Crippen LogP contribution >= 0.6 is 23.5 Å². The maximum absolute atomic E-state index is 11.0. The number of aliphatic hydroxyl groups is 2. The van der Waals surface area contributed by atoms with Crippen LogP contribution in [-0.2, 0) is 32.0 Å². The average molecular weight is 724 g/mol. The first-order chi connectivity index (χ1) is 20.7. The molecule has 5 atom stereocenters. The summed E-state index contributed by atoms with van der Waals surface area (Å²) >= 11 is 0. The molecule has 1 fully saturated rings. The predicted octanol–water partition coefficient (Wildman–Crippen LogP) is 1.17. The fourth-order valence-electron chi connectivity index (χ4n) is 3.84. The van der Waals surface area contributed by atoms with Crippen LogP contribution in [0.4, 0.5) is 0 Å². The summed E-state index contributed by atoms with van der Waals surface area (Å²) in [7, 11) is -15.9. The van der Waals surface area contributed by atoms with E-state index in [1.165, 1.54) is 58.9 Å². The molecular weight excluding hydrogens is 663 g/mol. The molecule has 0 amide bonds. The molecule has 0 radical (unpaired) electrons. The van der Waals surface area contributed by atoms with Gasteiger partial charge in [0.1, 0.15) is 24.4 Å². The summed E-state index contributed by atoms with van der Waals surface area (Å²) in [5.74, 6) is 0. The van der Waals surface area contributed by atoms with Gasteiger partial charge in [0.2, 0.25) is 0 Å². The molecule has 8 N–H and O–H groups in total. The molecule has 1 aliphatic rings. The van der Waals surface area contributed by atoms with Gasteiger partial charge in [-0.1, -0.05) is 62.3 Å². The minimum Gasteiger partial charge on any atom is -0.394 e. The molecule has 1 aliphatic heterocycles. The van der Waals surface area contributed by atoms with E-state index in [1.807, 2.05) is 0 Å². The predicted molar refractivity (Wildman–Crippen MR) is 169 cm³/mol. The van der Waals surface area contributed by atoms with Crippen molar-refractivity contribution in [1.29, 1.82) is 0 Å². The summed E-state index contributed by atoms with van der Waals surface area (Å²) in [4.78, 5) is 59.8. The van der Waals surface area contributed by atoms with Crippen LogP contribution in [0.15, 0.2) is 0 Å². The lowest BCUT2D eigenvalue weighted by Crippen LogP contribution is -2.60. The molecule has 0 bridgehead atoms. The van der Waals surface area contributed by atoms with Crippen molar-refractivity contribution >= 4 is 23.5 Å². The molecule has 0 aromatic rings. The zero-order valence-corrected chi connectivity index (χ0v) is 30.8. The van der Waals surface area contributed by atoms with Gasteiger partial charge in [-0.25, -0.2) is 13.7 Å². The number of hydrogen-bond donors (Lipinski definition) is 8. The first-order valence-corrected chi connectivity index (χ1v) is 19.6. The minimum absolute atomic E-state index is 1.10. The Morgan fingerprint density at radius 3 is 1.00 bits per heavy atom. The van der Waals surface area contributed by atoms with E-state index in [2.05, 4.69) is 90.6 Å². The molecule has 1 heterocycles. The van der Waals surface area contributed by atoms with Gasteiger partial charge >= 0.3 is 23.5 Å². The molecule has 21 heteroatoms. The third-order valence-electron chi connectivity index (χ3n) is 6.58. The number of phosphoric acid groups is 3. The highest BCUT2D eigenvalue weighted by atomic mass is 31.2. The molecule has 0 unspecified atom stereocenters. The second-order valence-electron chi connectivity index (χ2n) is 9.29. The van der Waals surface area contributed by atoms with Gasteiger partial charge in [0.05, 0.1) is 6.61 Å². The minimum atomic E-state index is -5.37. The summed E-state index contributed by atoms with van der Waals surface area (Å²) < 4.78 is 49.8. The Hall–Kier alpha value is 0.0900. The highest BCUT2D eigenvalue weighted by Gasteiger charge is 2.52. The van der Waals surface area contributed by atoms with Gasteiger partial charge < -0.3 is 59.0 Å². The molecule has 18 nitrogen and oxygen atoms in total. The third-order valence-corrected chi connectivity index (χ3v) is 8.10. The first-order valence-electron chi connectivity index (χ1n) is 15.0. The zero-order chi connectivity index (χ0) is 36.0. The quantitative estimate of drug-likeness (QED) is 0.104. The van der Waals surface area contributed by atoms with Crippen LogP contribution in [0.2, 0.25) is 0 Å². The SMILES string of the molecule is CCN(CC)CC.CCN(CC)CC.CCN(CC)CC.O=P(O)(O)O[C@H]1O[C@H](CO)[C@@H](OP(=O)(O)O)[C@H](OP(=O)(O)O)[C@H]1O. The van der Waals surface area contributed by atoms with E-state index in [1.54, 1.807) is 0 Å². The van der Waals surface area contributed by atoms with Crippen molar-refractivity contribution in [2.45, 2.75) is 93.0 Å². The van der Waals surface area contributed by atoms with Gasteiger partial charge in [-0.15, -0.1) is 0 Å². The maximum Gasteiger partial charge on any atom is 0.472 e. The molecule has 0 spiro atoms. The Kier molecular flexibility index (Phi) is 28.6. The van der Waals surface area contributed by atoms with Crippen molar-refractivity contribution in [3.05, 3.63) is 0 Å². The summed E-state index contributed by atoms with van der Waals surface area (Å²) in [6.07, 6.45) is -10.8. The lowest BCUT2D eigenvalue weighted by Gasteiger charge is -2.42. The molecule has 45 heavy (non-hydrogen) atoms. The van der Waals surface area contributed by atoms with Gasteiger partial charge in [-0.05, 0) is 58.9 Å². The molecule has 1 rings (SSSR count). The summed E-state index contributed by atoms with van der Waals surface area (Å²) in [5, 5.41) is 19.0. The van der Waals surface area contributed by atoms with Crippen molar-refractivity contribution in [3.63, 3.8) is 0 Å². The molecule has 0 aromatic carbocycles. The van der Waals surface area contributed by atoms with Crippen molar-refractivity contribution < 1.29 is 71.6 Å². The number of rotatable bonds is 16. The Morgan fingerprint density at radius 1 is 0.533 bits per heavy atom. The number of phosphoric ester groups is 3. The molecule has 0 aromatic heterocycles. The number of aliphatic hydroxyl groups excluding tert-OH is 2. The lowest BCUT2D eigenvalue weighted by atomic mass is 9.99. The van der Waals surface area contributed by atoms with Crippen molar-refractivity contribution in [3.8, 4) is 0 Å². The van der Waals surface area contributed by atoms with E-state index in [-0.39, 0.29) is 0 Å². The van der Waals surface area contributed by atoms with Gasteiger partial charge in [0, 0.05) is 0 Å². The van der Waals surface area contributed by atoms with Crippen LogP contribution in [0.5, 0.6) is 0 Å². The van der Waals surface area contributed by atoms with Crippen LogP contribution in [0.1, 0.15) is 62.3 Å². The monoisotopic (exact) mass is 723 g/mol. The fourth-order valence-corrected chi connectivity index (χ4v) is 5.42. The Morgan fingerprint density at radius 2 is 0.800 bits per heavy atom. The highest BCUT2D eigenvalue weighted by molar-refractivity contribution is 7.46. The number of hydrogen-bond acceptors (Lipinski definition) is 12. The van der Waals surface area contributed by atoms with E-state index >= 15 is 0 Å². The molecule has 276 valence electrons. The standard InChI is InChI=1S/3C6H15N.C6H15O15P3/c3*1-4-7(5-2)6-3;7-1-2-4(19-22(9,10)11)5(20-23(12,13)14)3(8)6(18-2)21-24(15,16)17/h3*4-6H2,1-3H3;2-8H,1H2,(H2,9,10,11)(H2,12,13,14)(H2,15,16,17)/t;;;2-,3-,4-,5-,6-/m...1/s1. The van der Waals surface area contributed by atoms with E-state index in [9.17, 15) is 18.8 Å². The Labute approximate surface area is 268 Å². The molecular formula is C24H60N3O15P3. The number of nitrogens with zero attached hydrogens (tertiary/aromatic N) is 3. The summed E-state index contributed by atoms with van der Waals surface area (Å²) in [6, 6.07) is 0. The van der Waals surface area contributed by atoms with Crippen LogP contribution in [0.3, 0.4) is 0 Å². The van der Waals surface area contributed by atoms with Crippen LogP contribution < -0.4 is 0 Å². The fraction of sp³-hybridized carbons (Fsp3) is 1.00. The normalized spacial score (nSPS) is 22.3. The third kappa shape index (κ3) is 25.7. The Bertz CT molecular complexity index is 804. The summed E-state index contributed by atoms with van der Waals surface area (Å²) in [5.41, 5.74) is 0. The molecule has 0 aliphatic carbocycles. The van der Waals surface area contributed by atoms with Crippen molar-refractivity contribution in [2.24, 2.45) is 0 Å². The lowest BCUT2D eigenvalue weighted by molar-refractivity contribution is -0.274. The van der Waals surface area contributed by atoms with Crippen LogP contribution in [-0.4, -0.2) is 150 Å². The van der Waals surface area contributed by atoms with E-state index in [0.717, 1.165) is 0 Å². The largest absolute Gasteiger partial charge is 0.472 e. The molecule has 1 saturated heterocycles. The van der Waals surface area contributed by atoms with E-state index in [4.69, 9.17) is 39.2 Å². The second-order valence-corrected chi connectivity index (χ2v) is 12.9. The topological polar surface area (TPSA) is 260 Å². The average Bonchev–Trinajstić information content (AvgIpc) is 2.94. The number of ether oxygens (including phenoxy) is 1. The van der Waals surface area contributed by atoms with Gasteiger partial charge in [0.15, 0.2) is 6.29 Å². The van der Waals surface area contributed by atoms with Crippen LogP contribution in [0, 0.1) is 0 Å². The smallest absolute Gasteiger partial charge is 0.394 e. The van der Waals surface area contributed by atoms with Gasteiger partial charge in [-0.2, -0.15) is 0 Å². The Balaban J connectivity index is -0.000000679. The molecule has 0 saturated carbocycles. The van der Waals surface area contributed by atoms with Gasteiger partial charge in [0.25, 0.3) is 0 Å². The highest BCUT2D eigenvalue weighted by Crippen LogP contribution is 2.48. The summed E-state index contributed by atoms with van der Waals surface area (Å²) in [6.45, 7) is 29.3. The van der Waals surface area contributed by atoms with Crippen LogP contribution in [0.25, 0.3) is 0 Å². The zero-order valence-electron chi connectivity index (χ0n) is 28.1. The second kappa shape index (κ2) is 26.0. The first kappa shape index (κ1) is 49.5. The van der Waals surface area contributed by atoms with E-state index < -0.39 is 60.8 Å². The van der Waals surface area contributed by atoms with E-state index in [0.29, 0.717) is 0 Å².